The molecule has 4 nitrogen and oxygen atoms in total. The van der Waals surface area contributed by atoms with Crippen LogP contribution in [-0.4, -0.2) is 47.3 Å². The van der Waals surface area contributed by atoms with E-state index in [1.165, 1.54) is 5.56 Å². The Bertz CT molecular complexity index is 329. The Morgan fingerprint density at radius 3 is 2.21 bits per heavy atom. The van der Waals surface area contributed by atoms with Crippen molar-refractivity contribution in [1.82, 2.24) is 4.90 Å². The minimum Gasteiger partial charge on any atom is -0.481 e. The van der Waals surface area contributed by atoms with E-state index in [0.29, 0.717) is 6.04 Å². The predicted octanol–water partition coefficient (Wildman–Crippen LogP) is 2.05. The first-order chi connectivity index (χ1) is 8.47. The van der Waals surface area contributed by atoms with Gasteiger partial charge >= 0.3 is 0 Å². The van der Waals surface area contributed by atoms with Crippen molar-refractivity contribution >= 4 is 18.4 Å². The van der Waals surface area contributed by atoms with Crippen LogP contribution >= 0.6 is 12.4 Å². The average Bonchev–Trinajstić information content (AvgIpc) is 2.30. The van der Waals surface area contributed by atoms with Crippen LogP contribution in [0.15, 0.2) is 30.3 Å². The first-order valence-electron chi connectivity index (χ1n) is 6.02. The highest BCUT2D eigenvalue weighted by Crippen LogP contribution is 2.06. The summed E-state index contributed by atoms with van der Waals surface area (Å²) in [4.78, 5) is 11.2. The van der Waals surface area contributed by atoms with Gasteiger partial charge in [0.15, 0.2) is 0 Å². The van der Waals surface area contributed by atoms with Gasteiger partial charge < -0.3 is 15.1 Å². The number of carboxylic acids is 1. The van der Waals surface area contributed by atoms with E-state index in [1.807, 2.05) is 13.1 Å². The summed E-state index contributed by atoms with van der Waals surface area (Å²) in [5.74, 6) is -0.833. The van der Waals surface area contributed by atoms with Crippen molar-refractivity contribution in [2.24, 2.45) is 0 Å². The predicted molar refractivity (Wildman–Crippen MR) is 79.9 cm³/mol. The van der Waals surface area contributed by atoms with Gasteiger partial charge in [-0.3, -0.25) is 4.79 Å². The summed E-state index contributed by atoms with van der Waals surface area (Å²) in [5, 5.41) is 16.2. The average molecular weight is 290 g/mol. The molecule has 110 valence electrons. The smallest absolute Gasteiger partial charge is 0.300 e. The number of hydrogen-bond donors (Lipinski definition) is 2. The molecule has 1 unspecified atom stereocenters. The zero-order chi connectivity index (χ0) is 14.0. The van der Waals surface area contributed by atoms with Crippen molar-refractivity contribution in [2.75, 3.05) is 20.2 Å². The van der Waals surface area contributed by atoms with Gasteiger partial charge in [0.2, 0.25) is 0 Å². The number of hydrogen-bond acceptors (Lipinski definition) is 3. The molecule has 0 bridgehead atoms. The number of aliphatic hydroxyl groups excluding tert-OH is 1. The summed E-state index contributed by atoms with van der Waals surface area (Å²) < 4.78 is 0. The van der Waals surface area contributed by atoms with Gasteiger partial charge in [-0.05, 0) is 26.0 Å². The maximum absolute atomic E-state index is 9.00. The van der Waals surface area contributed by atoms with Crippen LogP contribution in [0.25, 0.3) is 0 Å². The molecule has 1 aromatic rings. The van der Waals surface area contributed by atoms with E-state index >= 15 is 0 Å². The van der Waals surface area contributed by atoms with Gasteiger partial charge in [0.1, 0.15) is 0 Å². The summed E-state index contributed by atoms with van der Waals surface area (Å²) in [5.41, 5.74) is 1.35. The number of benzene rings is 1. The van der Waals surface area contributed by atoms with Gasteiger partial charge in [-0.25, -0.2) is 0 Å². The molecule has 0 saturated heterocycles. The maximum atomic E-state index is 9.00. The molecule has 0 aromatic heterocycles. The lowest BCUT2D eigenvalue weighted by Crippen LogP contribution is -2.33. The minimum absolute atomic E-state index is 0. The number of rotatable bonds is 5. The molecule has 0 heterocycles. The standard InChI is InChI=1S/C12H19NO.C2H4O2.ClH/c1-11(13(2)8-9-14)10-12-6-4-3-5-7-12;1-2(3)4;/h3-7,11,14H,8-10H2,1-2H3;1H3,(H,3,4);1H. The van der Waals surface area contributed by atoms with Crippen LogP contribution < -0.4 is 0 Å². The molecule has 0 amide bonds. The molecule has 0 aliphatic carbocycles. The van der Waals surface area contributed by atoms with Crippen LogP contribution in [0.3, 0.4) is 0 Å². The molecule has 5 heteroatoms. The first kappa shape index (κ1) is 20.2. The second-order valence-corrected chi connectivity index (χ2v) is 4.26. The lowest BCUT2D eigenvalue weighted by atomic mass is 10.1. The zero-order valence-corrected chi connectivity index (χ0v) is 12.6. The number of likely N-dealkylation sites (N-methyl/N-ethyl adjacent to an activating group) is 1. The van der Waals surface area contributed by atoms with Crippen LogP contribution in [-0.2, 0) is 11.2 Å². The second kappa shape index (κ2) is 12.0. The summed E-state index contributed by atoms with van der Waals surface area (Å²) in [6.07, 6.45) is 1.04. The first-order valence-corrected chi connectivity index (χ1v) is 6.02. The van der Waals surface area contributed by atoms with Crippen molar-refractivity contribution < 1.29 is 15.0 Å². The van der Waals surface area contributed by atoms with Gasteiger partial charge in [0.25, 0.3) is 5.97 Å². The number of aliphatic hydroxyl groups is 1. The van der Waals surface area contributed by atoms with E-state index in [9.17, 15) is 0 Å². The Balaban J connectivity index is 0. The lowest BCUT2D eigenvalue weighted by Gasteiger charge is -2.23. The van der Waals surface area contributed by atoms with Crippen LogP contribution in [0, 0.1) is 0 Å². The highest BCUT2D eigenvalue weighted by Gasteiger charge is 2.08. The topological polar surface area (TPSA) is 60.8 Å². The van der Waals surface area contributed by atoms with E-state index in [4.69, 9.17) is 15.0 Å². The third-order valence-electron chi connectivity index (χ3n) is 2.58. The molecular formula is C14H24ClNO3. The Hall–Kier alpha value is -1.10. The fourth-order valence-electron chi connectivity index (χ4n) is 1.49. The van der Waals surface area contributed by atoms with Crippen LogP contribution in [0.1, 0.15) is 19.4 Å². The van der Waals surface area contributed by atoms with Crippen LogP contribution in [0.4, 0.5) is 0 Å². The van der Waals surface area contributed by atoms with Crippen molar-refractivity contribution in [3.05, 3.63) is 35.9 Å². The van der Waals surface area contributed by atoms with Crippen molar-refractivity contribution in [3.63, 3.8) is 0 Å². The molecule has 0 spiro atoms. The molecule has 0 aliphatic heterocycles. The Morgan fingerprint density at radius 2 is 1.79 bits per heavy atom. The van der Waals surface area contributed by atoms with Gasteiger partial charge in [-0.2, -0.15) is 0 Å². The van der Waals surface area contributed by atoms with Gasteiger partial charge in [0, 0.05) is 19.5 Å². The van der Waals surface area contributed by atoms with E-state index < -0.39 is 5.97 Å². The summed E-state index contributed by atoms with van der Waals surface area (Å²) in [6.45, 7) is 4.24. The SMILES string of the molecule is CC(=O)O.CC(Cc1ccccc1)N(C)CCO.Cl. The molecule has 2 N–H and O–H groups in total. The van der Waals surface area contributed by atoms with E-state index in [1.54, 1.807) is 0 Å². The molecule has 1 atom stereocenters. The number of carbonyl (C=O) groups is 1. The molecule has 0 saturated carbocycles. The van der Waals surface area contributed by atoms with Crippen LogP contribution in [0.2, 0.25) is 0 Å². The lowest BCUT2D eigenvalue weighted by molar-refractivity contribution is -0.134. The molecule has 0 radical (unpaired) electrons. The molecule has 1 rings (SSSR count). The van der Waals surface area contributed by atoms with E-state index in [-0.39, 0.29) is 19.0 Å². The summed E-state index contributed by atoms with van der Waals surface area (Å²) >= 11 is 0. The summed E-state index contributed by atoms with van der Waals surface area (Å²) in [6, 6.07) is 10.9. The minimum atomic E-state index is -0.833. The zero-order valence-electron chi connectivity index (χ0n) is 11.7. The van der Waals surface area contributed by atoms with Crippen molar-refractivity contribution in [2.45, 2.75) is 26.3 Å². The van der Waals surface area contributed by atoms with Crippen molar-refractivity contribution in [3.8, 4) is 0 Å². The van der Waals surface area contributed by atoms with Gasteiger partial charge in [-0.1, -0.05) is 30.3 Å². The van der Waals surface area contributed by atoms with Crippen molar-refractivity contribution in [1.29, 1.82) is 0 Å². The Labute approximate surface area is 121 Å². The van der Waals surface area contributed by atoms with E-state index in [0.717, 1.165) is 19.9 Å². The summed E-state index contributed by atoms with van der Waals surface area (Å²) in [7, 11) is 2.05. The van der Waals surface area contributed by atoms with Gasteiger partial charge in [0.05, 0.1) is 6.61 Å². The normalized spacial score (nSPS) is 11.0. The number of carboxylic acid groups (broad SMARTS) is 1. The number of halogens is 1. The van der Waals surface area contributed by atoms with E-state index in [2.05, 4.69) is 36.1 Å². The third-order valence-corrected chi connectivity index (χ3v) is 2.58. The Kier molecular flexibility index (Phi) is 12.7. The fourth-order valence-corrected chi connectivity index (χ4v) is 1.49. The van der Waals surface area contributed by atoms with Gasteiger partial charge in [-0.15, -0.1) is 12.4 Å². The number of aliphatic carboxylic acids is 1. The molecular weight excluding hydrogens is 266 g/mol. The monoisotopic (exact) mass is 289 g/mol. The molecule has 0 aliphatic rings. The quantitative estimate of drug-likeness (QED) is 0.871. The maximum Gasteiger partial charge on any atom is 0.300 e. The largest absolute Gasteiger partial charge is 0.481 e. The highest BCUT2D eigenvalue weighted by molar-refractivity contribution is 5.85. The highest BCUT2D eigenvalue weighted by atomic mass is 35.5. The van der Waals surface area contributed by atoms with Crippen LogP contribution in [0.5, 0.6) is 0 Å². The molecule has 0 fully saturated rings. The Morgan fingerprint density at radius 1 is 1.32 bits per heavy atom. The molecule has 1 aromatic carbocycles. The fraction of sp³-hybridized carbons (Fsp3) is 0.500. The second-order valence-electron chi connectivity index (χ2n) is 4.26. The molecule has 19 heavy (non-hydrogen) atoms. The number of nitrogens with zero attached hydrogens (tertiary/aromatic N) is 1. The third kappa shape index (κ3) is 11.7.